The first-order chi connectivity index (χ1) is 9.56. The van der Waals surface area contributed by atoms with Crippen LogP contribution in [0.2, 0.25) is 0 Å². The lowest BCUT2D eigenvalue weighted by atomic mass is 10.00. The Labute approximate surface area is 117 Å². The summed E-state index contributed by atoms with van der Waals surface area (Å²) in [6.07, 6.45) is 1.95. The Hall–Kier alpha value is -2.04. The molecule has 1 N–H and O–H groups in total. The third kappa shape index (κ3) is 1.94. The van der Waals surface area contributed by atoms with E-state index in [0.29, 0.717) is 12.3 Å². The predicted octanol–water partition coefficient (Wildman–Crippen LogP) is 1.47. The highest BCUT2D eigenvalue weighted by Gasteiger charge is 2.51. The predicted molar refractivity (Wildman–Crippen MR) is 74.7 cm³/mol. The summed E-state index contributed by atoms with van der Waals surface area (Å²) in [6, 6.07) is 7.50. The molecule has 0 radical (unpaired) electrons. The molecule has 2 amide bonds. The van der Waals surface area contributed by atoms with Gasteiger partial charge in [-0.3, -0.25) is 9.59 Å². The largest absolute Gasteiger partial charge is 0.466 e. The van der Waals surface area contributed by atoms with Crippen LogP contribution in [0, 0.1) is 0 Å². The number of ether oxygens (including phenoxy) is 1. The van der Waals surface area contributed by atoms with E-state index in [1.807, 2.05) is 25.1 Å². The molecule has 1 fully saturated rings. The number of amides is 2. The monoisotopic (exact) mass is 274 g/mol. The zero-order valence-corrected chi connectivity index (χ0v) is 11.7. The van der Waals surface area contributed by atoms with Crippen molar-refractivity contribution in [2.24, 2.45) is 0 Å². The van der Waals surface area contributed by atoms with Gasteiger partial charge in [0.2, 0.25) is 0 Å². The van der Waals surface area contributed by atoms with Gasteiger partial charge < -0.3 is 15.0 Å². The fourth-order valence-corrected chi connectivity index (χ4v) is 2.41. The van der Waals surface area contributed by atoms with Crippen molar-refractivity contribution in [2.45, 2.75) is 38.3 Å². The van der Waals surface area contributed by atoms with Crippen LogP contribution in [0.5, 0.6) is 5.75 Å². The summed E-state index contributed by atoms with van der Waals surface area (Å²) in [7, 11) is 0. The molecule has 2 aliphatic rings. The van der Waals surface area contributed by atoms with E-state index in [-0.39, 0.29) is 17.9 Å². The van der Waals surface area contributed by atoms with Gasteiger partial charge in [0, 0.05) is 12.6 Å². The molecule has 3 rings (SSSR count). The first-order valence-electron chi connectivity index (χ1n) is 6.97. The van der Waals surface area contributed by atoms with Crippen LogP contribution >= 0.6 is 0 Å². The van der Waals surface area contributed by atoms with Crippen molar-refractivity contribution in [1.29, 1.82) is 0 Å². The number of nitrogens with zero attached hydrogens (tertiary/aromatic N) is 1. The Bertz CT molecular complexity index is 568. The minimum Gasteiger partial charge on any atom is -0.466 e. The first-order valence-corrected chi connectivity index (χ1v) is 6.97. The summed E-state index contributed by atoms with van der Waals surface area (Å²) in [5.74, 6) is -0.0859. The standard InChI is InChI=1S/C15H18N2O3/c1-3-17-11-6-4-5-7-12(11)20-15(2,14(17)19)13(18)16-10-8-9-10/h4-7,10H,3,8-9H2,1-2H3,(H,16,18). The minimum absolute atomic E-state index is 0.197. The van der Waals surface area contributed by atoms with Crippen LogP contribution in [-0.4, -0.2) is 30.0 Å². The molecule has 5 nitrogen and oxygen atoms in total. The zero-order valence-electron chi connectivity index (χ0n) is 11.7. The number of rotatable bonds is 3. The summed E-state index contributed by atoms with van der Waals surface area (Å²) in [5.41, 5.74) is -0.760. The van der Waals surface area contributed by atoms with Crippen molar-refractivity contribution in [2.75, 3.05) is 11.4 Å². The molecule has 1 aromatic rings. The highest BCUT2D eigenvalue weighted by molar-refractivity contribution is 6.16. The van der Waals surface area contributed by atoms with Gasteiger partial charge in [0.05, 0.1) is 5.69 Å². The van der Waals surface area contributed by atoms with Crippen molar-refractivity contribution in [3.63, 3.8) is 0 Å². The van der Waals surface area contributed by atoms with Gasteiger partial charge >= 0.3 is 0 Å². The molecule has 0 spiro atoms. The van der Waals surface area contributed by atoms with Gasteiger partial charge in [0.1, 0.15) is 5.75 Å². The molecule has 1 aromatic carbocycles. The molecule has 1 aliphatic heterocycles. The molecule has 20 heavy (non-hydrogen) atoms. The molecule has 1 atom stereocenters. The van der Waals surface area contributed by atoms with E-state index < -0.39 is 5.60 Å². The molecule has 0 aromatic heterocycles. The molecule has 106 valence electrons. The molecule has 0 saturated heterocycles. The summed E-state index contributed by atoms with van der Waals surface area (Å²) in [4.78, 5) is 26.6. The Morgan fingerprint density at radius 2 is 2.15 bits per heavy atom. The Balaban J connectivity index is 1.97. The van der Waals surface area contributed by atoms with Gasteiger partial charge in [-0.15, -0.1) is 0 Å². The molecular formula is C15H18N2O3. The lowest BCUT2D eigenvalue weighted by Crippen LogP contribution is -2.62. The van der Waals surface area contributed by atoms with E-state index in [9.17, 15) is 9.59 Å². The number of benzene rings is 1. The number of carbonyl (C=O) groups excluding carboxylic acids is 2. The van der Waals surface area contributed by atoms with Crippen LogP contribution in [-0.2, 0) is 9.59 Å². The Kier molecular flexibility index (Phi) is 2.92. The molecule has 1 saturated carbocycles. The van der Waals surface area contributed by atoms with E-state index in [1.165, 1.54) is 0 Å². The fraction of sp³-hybridized carbons (Fsp3) is 0.467. The van der Waals surface area contributed by atoms with Crippen molar-refractivity contribution >= 4 is 17.5 Å². The van der Waals surface area contributed by atoms with Crippen molar-refractivity contribution in [3.05, 3.63) is 24.3 Å². The number of likely N-dealkylation sites (N-methyl/N-ethyl adjacent to an activating group) is 1. The lowest BCUT2D eigenvalue weighted by molar-refractivity contribution is -0.148. The molecular weight excluding hydrogens is 256 g/mol. The van der Waals surface area contributed by atoms with Crippen LogP contribution in [0.3, 0.4) is 0 Å². The number of anilines is 1. The number of para-hydroxylation sites is 2. The molecule has 5 heteroatoms. The van der Waals surface area contributed by atoms with Gasteiger partial charge in [-0.2, -0.15) is 0 Å². The van der Waals surface area contributed by atoms with Crippen LogP contribution in [0.4, 0.5) is 5.69 Å². The second-order valence-corrected chi connectivity index (χ2v) is 5.40. The number of fused-ring (bicyclic) bond motifs is 1. The maximum Gasteiger partial charge on any atom is 0.280 e. The first kappa shape index (κ1) is 13.0. The van der Waals surface area contributed by atoms with Gasteiger partial charge in [-0.1, -0.05) is 12.1 Å². The summed E-state index contributed by atoms with van der Waals surface area (Å²) < 4.78 is 5.75. The van der Waals surface area contributed by atoms with E-state index >= 15 is 0 Å². The number of hydrogen-bond acceptors (Lipinski definition) is 3. The van der Waals surface area contributed by atoms with Gasteiger partial charge in [0.25, 0.3) is 17.4 Å². The molecule has 1 unspecified atom stereocenters. The molecule has 0 bridgehead atoms. The second kappa shape index (κ2) is 4.51. The minimum atomic E-state index is -1.48. The average molecular weight is 274 g/mol. The highest BCUT2D eigenvalue weighted by Crippen LogP contribution is 2.37. The van der Waals surface area contributed by atoms with Crippen molar-refractivity contribution in [1.82, 2.24) is 5.32 Å². The SMILES string of the molecule is CCN1C(=O)C(C)(C(=O)NC2CC2)Oc2ccccc21. The molecule has 1 aliphatic carbocycles. The Morgan fingerprint density at radius 1 is 1.45 bits per heavy atom. The van der Waals surface area contributed by atoms with Gasteiger partial charge in [-0.25, -0.2) is 0 Å². The normalized spacial score (nSPS) is 24.9. The summed E-state index contributed by atoms with van der Waals surface area (Å²) >= 11 is 0. The summed E-state index contributed by atoms with van der Waals surface area (Å²) in [5, 5.41) is 2.86. The quantitative estimate of drug-likeness (QED) is 0.849. The van der Waals surface area contributed by atoms with Crippen LogP contribution in [0.15, 0.2) is 24.3 Å². The van der Waals surface area contributed by atoms with E-state index in [1.54, 1.807) is 17.9 Å². The number of carbonyl (C=O) groups is 2. The lowest BCUT2D eigenvalue weighted by Gasteiger charge is -2.39. The van der Waals surface area contributed by atoms with Gasteiger partial charge in [0.15, 0.2) is 0 Å². The van der Waals surface area contributed by atoms with Crippen LogP contribution in [0.1, 0.15) is 26.7 Å². The van der Waals surface area contributed by atoms with Gasteiger partial charge in [-0.05, 0) is 38.8 Å². The third-order valence-corrected chi connectivity index (χ3v) is 3.79. The highest BCUT2D eigenvalue weighted by atomic mass is 16.5. The Morgan fingerprint density at radius 3 is 2.80 bits per heavy atom. The maximum atomic E-state index is 12.6. The number of hydrogen-bond donors (Lipinski definition) is 1. The van der Waals surface area contributed by atoms with Crippen LogP contribution < -0.4 is 15.0 Å². The third-order valence-electron chi connectivity index (χ3n) is 3.79. The van der Waals surface area contributed by atoms with E-state index in [0.717, 1.165) is 18.5 Å². The fourth-order valence-electron chi connectivity index (χ4n) is 2.41. The van der Waals surface area contributed by atoms with E-state index in [2.05, 4.69) is 5.32 Å². The zero-order chi connectivity index (χ0) is 14.3. The summed E-state index contributed by atoms with van der Waals surface area (Å²) in [6.45, 7) is 3.94. The van der Waals surface area contributed by atoms with Crippen LogP contribution in [0.25, 0.3) is 0 Å². The second-order valence-electron chi connectivity index (χ2n) is 5.40. The average Bonchev–Trinajstić information content (AvgIpc) is 3.24. The van der Waals surface area contributed by atoms with E-state index in [4.69, 9.17) is 4.74 Å². The maximum absolute atomic E-state index is 12.6. The topological polar surface area (TPSA) is 58.6 Å². The smallest absolute Gasteiger partial charge is 0.280 e. The van der Waals surface area contributed by atoms with Crippen molar-refractivity contribution < 1.29 is 14.3 Å². The van der Waals surface area contributed by atoms with Crippen molar-refractivity contribution in [3.8, 4) is 5.75 Å². The molecule has 1 heterocycles. The number of nitrogens with one attached hydrogen (secondary N) is 1.